The Morgan fingerprint density at radius 3 is 2.55 bits per heavy atom. The summed E-state index contributed by atoms with van der Waals surface area (Å²) >= 11 is 0. The largest absolute Gasteiger partial charge is 0.504 e. The van der Waals surface area contributed by atoms with E-state index >= 15 is 0 Å². The molecule has 1 aromatic rings. The number of unbranched alkanes of at least 4 members (excludes halogenated alkanes) is 3. The van der Waals surface area contributed by atoms with Gasteiger partial charge in [0.1, 0.15) is 0 Å². The minimum absolute atomic E-state index is 0.183. The highest BCUT2D eigenvalue weighted by Gasteiger charge is 2.00. The molecule has 4 heteroatoms. The Bertz CT molecular complexity index is 492. The zero-order chi connectivity index (χ0) is 16.4. The Kier molecular flexibility index (Phi) is 8.11. The third-order valence-corrected chi connectivity index (χ3v) is 3.33. The van der Waals surface area contributed by atoms with Crippen LogP contribution in [-0.2, 0) is 9.53 Å². The molecule has 0 aliphatic carbocycles. The van der Waals surface area contributed by atoms with Crippen molar-refractivity contribution in [3.05, 3.63) is 29.8 Å². The first kappa shape index (κ1) is 18.1. The van der Waals surface area contributed by atoms with Gasteiger partial charge in [-0.1, -0.05) is 45.6 Å². The highest BCUT2D eigenvalue weighted by atomic mass is 16.5. The molecule has 0 aliphatic rings. The van der Waals surface area contributed by atoms with Gasteiger partial charge in [-0.15, -0.1) is 0 Å². The number of hydrogen-bond donors (Lipinski definition) is 2. The van der Waals surface area contributed by atoms with Crippen LogP contribution in [0.1, 0.15) is 51.5 Å². The topological polar surface area (TPSA) is 66.8 Å². The van der Waals surface area contributed by atoms with E-state index in [1.807, 2.05) is 0 Å². The minimum atomic E-state index is -0.394. The Morgan fingerprint density at radius 1 is 1.14 bits per heavy atom. The van der Waals surface area contributed by atoms with Crippen LogP contribution in [0.5, 0.6) is 11.5 Å². The molecule has 122 valence electrons. The lowest BCUT2D eigenvalue weighted by molar-refractivity contribution is -0.137. The van der Waals surface area contributed by atoms with Crippen molar-refractivity contribution in [1.29, 1.82) is 0 Å². The van der Waals surface area contributed by atoms with E-state index in [0.717, 1.165) is 18.8 Å². The van der Waals surface area contributed by atoms with Gasteiger partial charge in [0.2, 0.25) is 0 Å². The standard InChI is InChI=1S/C18H26O4/c1-14(2)7-5-3-4-6-12-22-18(21)11-9-15-8-10-16(19)17(20)13-15/h8-11,13-14,19-20H,3-7,12H2,1-2H3/b11-9+. The summed E-state index contributed by atoms with van der Waals surface area (Å²) in [5.41, 5.74) is 0.626. The number of aromatic hydroxyl groups is 2. The summed E-state index contributed by atoms with van der Waals surface area (Å²) in [7, 11) is 0. The van der Waals surface area contributed by atoms with Gasteiger partial charge in [0.25, 0.3) is 0 Å². The monoisotopic (exact) mass is 306 g/mol. The Balaban J connectivity index is 2.17. The van der Waals surface area contributed by atoms with Crippen LogP contribution in [0, 0.1) is 5.92 Å². The molecule has 0 saturated heterocycles. The van der Waals surface area contributed by atoms with Crippen LogP contribution in [0.25, 0.3) is 6.08 Å². The third-order valence-electron chi connectivity index (χ3n) is 3.33. The molecule has 0 heterocycles. The average Bonchev–Trinajstić information content (AvgIpc) is 2.47. The van der Waals surface area contributed by atoms with Crippen LogP contribution in [0.3, 0.4) is 0 Å². The van der Waals surface area contributed by atoms with Gasteiger partial charge in [0.15, 0.2) is 11.5 Å². The fourth-order valence-corrected chi connectivity index (χ4v) is 2.04. The van der Waals surface area contributed by atoms with Gasteiger partial charge in [0, 0.05) is 6.08 Å². The summed E-state index contributed by atoms with van der Waals surface area (Å²) < 4.78 is 5.11. The van der Waals surface area contributed by atoms with Crippen molar-refractivity contribution in [3.8, 4) is 11.5 Å². The van der Waals surface area contributed by atoms with E-state index in [4.69, 9.17) is 4.74 Å². The van der Waals surface area contributed by atoms with Crippen LogP contribution in [0.15, 0.2) is 24.3 Å². The summed E-state index contributed by atoms with van der Waals surface area (Å²) in [5.74, 6) is -0.0360. The molecule has 4 nitrogen and oxygen atoms in total. The fraction of sp³-hybridized carbons (Fsp3) is 0.500. The van der Waals surface area contributed by atoms with E-state index < -0.39 is 5.97 Å². The number of carbonyl (C=O) groups is 1. The van der Waals surface area contributed by atoms with Crippen molar-refractivity contribution in [1.82, 2.24) is 0 Å². The number of esters is 1. The molecule has 0 saturated carbocycles. The number of ether oxygens (including phenoxy) is 1. The normalized spacial score (nSPS) is 11.2. The second kappa shape index (κ2) is 9.87. The van der Waals surface area contributed by atoms with Crippen LogP contribution in [-0.4, -0.2) is 22.8 Å². The van der Waals surface area contributed by atoms with E-state index in [1.54, 1.807) is 12.1 Å². The zero-order valence-electron chi connectivity index (χ0n) is 13.4. The van der Waals surface area contributed by atoms with E-state index in [9.17, 15) is 15.0 Å². The van der Waals surface area contributed by atoms with Crippen molar-refractivity contribution in [3.63, 3.8) is 0 Å². The van der Waals surface area contributed by atoms with Crippen molar-refractivity contribution >= 4 is 12.0 Å². The van der Waals surface area contributed by atoms with Gasteiger partial charge in [-0.2, -0.15) is 0 Å². The zero-order valence-corrected chi connectivity index (χ0v) is 13.4. The molecular formula is C18H26O4. The van der Waals surface area contributed by atoms with E-state index in [1.165, 1.54) is 37.5 Å². The lowest BCUT2D eigenvalue weighted by atomic mass is 10.0. The quantitative estimate of drug-likeness (QED) is 0.309. The van der Waals surface area contributed by atoms with Gasteiger partial charge >= 0.3 is 5.97 Å². The second-order valence-electron chi connectivity index (χ2n) is 5.85. The smallest absolute Gasteiger partial charge is 0.330 e. The fourth-order valence-electron chi connectivity index (χ4n) is 2.04. The molecule has 0 spiro atoms. The Labute approximate surface area is 132 Å². The van der Waals surface area contributed by atoms with Crippen LogP contribution < -0.4 is 0 Å². The SMILES string of the molecule is CC(C)CCCCCCOC(=O)/C=C/c1ccc(O)c(O)c1. The van der Waals surface area contributed by atoms with Gasteiger partial charge < -0.3 is 14.9 Å². The maximum Gasteiger partial charge on any atom is 0.330 e. The highest BCUT2D eigenvalue weighted by molar-refractivity contribution is 5.87. The Hall–Kier alpha value is -1.97. The van der Waals surface area contributed by atoms with Gasteiger partial charge in [-0.25, -0.2) is 4.79 Å². The maximum absolute atomic E-state index is 11.5. The molecular weight excluding hydrogens is 280 g/mol. The third kappa shape index (κ3) is 7.72. The molecule has 0 unspecified atom stereocenters. The molecule has 0 bridgehead atoms. The average molecular weight is 306 g/mol. The first-order valence-corrected chi connectivity index (χ1v) is 7.86. The summed E-state index contributed by atoms with van der Waals surface area (Å²) in [6, 6.07) is 4.36. The molecule has 1 rings (SSSR count). The van der Waals surface area contributed by atoms with Crippen molar-refractivity contribution in [2.24, 2.45) is 5.92 Å². The first-order chi connectivity index (χ1) is 10.5. The molecule has 0 fully saturated rings. The number of carbonyl (C=O) groups excluding carboxylic acids is 1. The van der Waals surface area contributed by atoms with Crippen molar-refractivity contribution in [2.45, 2.75) is 46.0 Å². The predicted molar refractivity (Wildman–Crippen MR) is 87.7 cm³/mol. The van der Waals surface area contributed by atoms with Crippen LogP contribution in [0.4, 0.5) is 0 Å². The highest BCUT2D eigenvalue weighted by Crippen LogP contribution is 2.25. The molecule has 0 aliphatic heterocycles. The summed E-state index contributed by atoms with van der Waals surface area (Å²) in [6.45, 7) is 4.88. The summed E-state index contributed by atoms with van der Waals surface area (Å²) in [4.78, 5) is 11.5. The predicted octanol–water partition coefficient (Wildman–Crippen LogP) is 4.26. The number of phenols is 2. The molecule has 1 aromatic carbocycles. The van der Waals surface area contributed by atoms with Gasteiger partial charge in [-0.3, -0.25) is 0 Å². The molecule has 0 aromatic heterocycles. The Morgan fingerprint density at radius 2 is 1.86 bits per heavy atom. The molecule has 0 amide bonds. The molecule has 2 N–H and O–H groups in total. The lowest BCUT2D eigenvalue weighted by Gasteiger charge is -2.04. The van der Waals surface area contributed by atoms with Crippen LogP contribution in [0.2, 0.25) is 0 Å². The molecule has 22 heavy (non-hydrogen) atoms. The van der Waals surface area contributed by atoms with Crippen LogP contribution >= 0.6 is 0 Å². The minimum Gasteiger partial charge on any atom is -0.504 e. The van der Waals surface area contributed by atoms with E-state index in [2.05, 4.69) is 13.8 Å². The number of rotatable bonds is 9. The lowest BCUT2D eigenvalue weighted by Crippen LogP contribution is -2.02. The molecule has 0 atom stereocenters. The summed E-state index contributed by atoms with van der Waals surface area (Å²) in [6.07, 6.45) is 8.50. The maximum atomic E-state index is 11.5. The number of hydrogen-bond acceptors (Lipinski definition) is 4. The first-order valence-electron chi connectivity index (χ1n) is 7.86. The van der Waals surface area contributed by atoms with Gasteiger partial charge in [0.05, 0.1) is 6.61 Å². The van der Waals surface area contributed by atoms with Crippen molar-refractivity contribution in [2.75, 3.05) is 6.61 Å². The van der Waals surface area contributed by atoms with E-state index in [0.29, 0.717) is 12.2 Å². The number of benzene rings is 1. The van der Waals surface area contributed by atoms with E-state index in [-0.39, 0.29) is 11.5 Å². The second-order valence-corrected chi connectivity index (χ2v) is 5.85. The summed E-state index contributed by atoms with van der Waals surface area (Å²) in [5, 5.41) is 18.5. The molecule has 0 radical (unpaired) electrons. The van der Waals surface area contributed by atoms with Gasteiger partial charge in [-0.05, 0) is 36.1 Å². The number of phenolic OH excluding ortho intramolecular Hbond substituents is 2. The van der Waals surface area contributed by atoms with Crippen molar-refractivity contribution < 1.29 is 19.7 Å².